The molecule has 2 nitrogen and oxygen atoms in total. The van der Waals surface area contributed by atoms with E-state index in [1.165, 1.54) is 94.4 Å². The molecule has 0 saturated carbocycles. The van der Waals surface area contributed by atoms with Crippen molar-refractivity contribution < 1.29 is 0 Å². The van der Waals surface area contributed by atoms with Crippen molar-refractivity contribution in [3.63, 3.8) is 0 Å². The quantitative estimate of drug-likeness (QED) is 0.136. The lowest BCUT2D eigenvalue weighted by Gasteiger charge is -2.53. The van der Waals surface area contributed by atoms with Crippen LogP contribution in [0.4, 0.5) is 22.7 Å². The van der Waals surface area contributed by atoms with Crippen LogP contribution in [0.15, 0.2) is 164 Å². The number of aryl methyl sites for hydroxylation is 2. The standard InChI is InChI=1S/C58H56N2/c1-8-32-58(60(48-27-20-40(4)21-28-48)50-30-23-42-15-11-13-17-44(42)34-50)38-45-35-52-51-31-24-46(36-54(51)56(5,6)55(52)37-53(45)58)57(7,9-2)59(47-25-18-39(3)19-26-47)49-29-22-41-14-10-12-16-43(41)33-49/h10-31,33-37H,8-9,32,38H2,1-7H3. The van der Waals surface area contributed by atoms with Crippen LogP contribution in [0.5, 0.6) is 0 Å². The van der Waals surface area contributed by atoms with E-state index < -0.39 is 0 Å². The first-order valence-electron chi connectivity index (χ1n) is 22.1. The van der Waals surface area contributed by atoms with Gasteiger partial charge in [-0.2, -0.15) is 0 Å². The van der Waals surface area contributed by atoms with Crippen LogP contribution in [-0.2, 0) is 22.9 Å². The van der Waals surface area contributed by atoms with Crippen molar-refractivity contribution in [1.29, 1.82) is 0 Å². The summed E-state index contributed by atoms with van der Waals surface area (Å²) in [5.74, 6) is 0. The van der Waals surface area contributed by atoms with E-state index >= 15 is 0 Å². The molecule has 2 aliphatic carbocycles. The highest BCUT2D eigenvalue weighted by molar-refractivity contribution is 5.90. The van der Waals surface area contributed by atoms with Crippen LogP contribution in [0.3, 0.4) is 0 Å². The third kappa shape index (κ3) is 5.90. The fourth-order valence-electron chi connectivity index (χ4n) is 10.9. The number of hydrogen-bond acceptors (Lipinski definition) is 2. The molecule has 60 heavy (non-hydrogen) atoms. The lowest BCUT2D eigenvalue weighted by Crippen LogP contribution is -2.52. The number of fused-ring (bicyclic) bond motifs is 6. The molecule has 0 fully saturated rings. The van der Waals surface area contributed by atoms with E-state index in [2.05, 4.69) is 222 Å². The molecular weight excluding hydrogens is 725 g/mol. The molecule has 298 valence electrons. The predicted molar refractivity (Wildman–Crippen MR) is 256 cm³/mol. The summed E-state index contributed by atoms with van der Waals surface area (Å²) in [6.45, 7) is 16.4. The van der Waals surface area contributed by atoms with E-state index in [0.29, 0.717) is 0 Å². The molecule has 0 N–H and O–H groups in total. The zero-order chi connectivity index (χ0) is 41.4. The van der Waals surface area contributed by atoms with E-state index in [4.69, 9.17) is 0 Å². The van der Waals surface area contributed by atoms with Crippen molar-refractivity contribution >= 4 is 44.3 Å². The van der Waals surface area contributed by atoms with Crippen LogP contribution >= 0.6 is 0 Å². The Morgan fingerprint density at radius 2 is 1.07 bits per heavy atom. The molecule has 0 bridgehead atoms. The third-order valence-electron chi connectivity index (χ3n) is 14.3. The number of anilines is 4. The van der Waals surface area contributed by atoms with Gasteiger partial charge in [0.25, 0.3) is 0 Å². The molecule has 10 rings (SSSR count). The van der Waals surface area contributed by atoms with Crippen LogP contribution < -0.4 is 9.80 Å². The summed E-state index contributed by atoms with van der Waals surface area (Å²) in [6.07, 6.45) is 4.14. The summed E-state index contributed by atoms with van der Waals surface area (Å²) in [4.78, 5) is 5.27. The molecule has 0 aliphatic heterocycles. The van der Waals surface area contributed by atoms with Crippen molar-refractivity contribution in [3.8, 4) is 11.1 Å². The average Bonchev–Trinajstić information content (AvgIpc) is 3.48. The number of hydrogen-bond donors (Lipinski definition) is 0. The maximum Gasteiger partial charge on any atom is 0.0745 e. The Balaban J connectivity index is 1.09. The second-order valence-electron chi connectivity index (χ2n) is 18.4. The summed E-state index contributed by atoms with van der Waals surface area (Å²) in [6, 6.07) is 62.4. The maximum atomic E-state index is 2.68. The van der Waals surface area contributed by atoms with Gasteiger partial charge in [0.05, 0.1) is 11.1 Å². The smallest absolute Gasteiger partial charge is 0.0745 e. The Morgan fingerprint density at radius 1 is 0.517 bits per heavy atom. The minimum absolute atomic E-state index is 0.151. The summed E-state index contributed by atoms with van der Waals surface area (Å²) in [5, 5.41) is 5.08. The number of benzene rings is 8. The Hall–Kier alpha value is -6.12. The van der Waals surface area contributed by atoms with Crippen LogP contribution in [0.2, 0.25) is 0 Å². The van der Waals surface area contributed by atoms with Gasteiger partial charge in [0.1, 0.15) is 0 Å². The molecule has 2 heteroatoms. The molecule has 0 amide bonds. The third-order valence-corrected chi connectivity index (χ3v) is 14.3. The number of nitrogens with zero attached hydrogens (tertiary/aromatic N) is 2. The average molecular weight is 781 g/mol. The highest BCUT2D eigenvalue weighted by Gasteiger charge is 2.50. The molecule has 0 saturated heterocycles. The minimum Gasteiger partial charge on any atom is -0.331 e. The molecular formula is C58H56N2. The van der Waals surface area contributed by atoms with Gasteiger partial charge in [-0.3, -0.25) is 0 Å². The SMILES string of the molecule is CCCC1(N(c2ccc(C)cc2)c2ccc3ccccc3c2)Cc2cc3c(cc21)C(C)(C)c1cc(C(C)(CC)N(c2ccc(C)cc2)c2ccc4ccccc4c2)ccc1-3. The van der Waals surface area contributed by atoms with Crippen LogP contribution in [0.1, 0.15) is 92.8 Å². The van der Waals surface area contributed by atoms with Crippen LogP contribution in [-0.4, -0.2) is 0 Å². The van der Waals surface area contributed by atoms with Gasteiger partial charge in [0, 0.05) is 34.6 Å². The molecule has 2 unspecified atom stereocenters. The van der Waals surface area contributed by atoms with Gasteiger partial charge in [-0.25, -0.2) is 0 Å². The normalized spacial score (nSPS) is 17.1. The second-order valence-corrected chi connectivity index (χ2v) is 18.4. The Labute approximate surface area is 357 Å². The highest BCUT2D eigenvalue weighted by Crippen LogP contribution is 2.58. The summed E-state index contributed by atoms with van der Waals surface area (Å²) in [7, 11) is 0. The Bertz CT molecular complexity index is 2920. The van der Waals surface area contributed by atoms with Gasteiger partial charge in [0.2, 0.25) is 0 Å². The molecule has 8 aromatic rings. The minimum atomic E-state index is -0.313. The fourth-order valence-corrected chi connectivity index (χ4v) is 10.9. The lowest BCUT2D eigenvalue weighted by molar-refractivity contribution is 0.344. The first-order chi connectivity index (χ1) is 29.0. The van der Waals surface area contributed by atoms with Gasteiger partial charge >= 0.3 is 0 Å². The summed E-state index contributed by atoms with van der Waals surface area (Å²) in [5.41, 5.74) is 16.8. The van der Waals surface area contributed by atoms with E-state index in [0.717, 1.165) is 25.7 Å². The molecule has 0 aromatic heterocycles. The zero-order valence-corrected chi connectivity index (χ0v) is 36.3. The van der Waals surface area contributed by atoms with E-state index in [-0.39, 0.29) is 16.5 Å². The molecule has 2 atom stereocenters. The largest absolute Gasteiger partial charge is 0.331 e. The molecule has 0 heterocycles. The van der Waals surface area contributed by atoms with Gasteiger partial charge in [0.15, 0.2) is 0 Å². The number of rotatable bonds is 10. The fraction of sp³-hybridized carbons (Fsp3) is 0.241. The zero-order valence-electron chi connectivity index (χ0n) is 36.3. The van der Waals surface area contributed by atoms with E-state index in [1.807, 2.05) is 0 Å². The first-order valence-corrected chi connectivity index (χ1v) is 22.1. The van der Waals surface area contributed by atoms with Crippen molar-refractivity contribution in [3.05, 3.63) is 203 Å². The van der Waals surface area contributed by atoms with Crippen LogP contribution in [0, 0.1) is 13.8 Å². The van der Waals surface area contributed by atoms with E-state index in [9.17, 15) is 0 Å². The molecule has 0 spiro atoms. The predicted octanol–water partition coefficient (Wildman–Crippen LogP) is 15.8. The molecule has 8 aromatic carbocycles. The van der Waals surface area contributed by atoms with Crippen LogP contribution in [0.25, 0.3) is 32.7 Å². The summed E-state index contributed by atoms with van der Waals surface area (Å²) >= 11 is 0. The first kappa shape index (κ1) is 38.1. The van der Waals surface area contributed by atoms with Gasteiger partial charge in [-0.15, -0.1) is 0 Å². The molecule has 2 aliphatic rings. The Morgan fingerprint density at radius 3 is 1.68 bits per heavy atom. The van der Waals surface area contributed by atoms with Crippen molar-refractivity contribution in [2.45, 2.75) is 90.6 Å². The van der Waals surface area contributed by atoms with Gasteiger partial charge < -0.3 is 9.80 Å². The molecule has 0 radical (unpaired) electrons. The monoisotopic (exact) mass is 780 g/mol. The van der Waals surface area contributed by atoms with E-state index in [1.54, 1.807) is 0 Å². The lowest BCUT2D eigenvalue weighted by atomic mass is 9.64. The maximum absolute atomic E-state index is 2.68. The van der Waals surface area contributed by atoms with Crippen molar-refractivity contribution in [1.82, 2.24) is 0 Å². The summed E-state index contributed by atoms with van der Waals surface area (Å²) < 4.78 is 0. The topological polar surface area (TPSA) is 6.48 Å². The second kappa shape index (κ2) is 14.3. The highest BCUT2D eigenvalue weighted by atomic mass is 15.2. The van der Waals surface area contributed by atoms with Gasteiger partial charge in [-0.05, 0) is 143 Å². The Kier molecular flexibility index (Phi) is 9.06. The van der Waals surface area contributed by atoms with Gasteiger partial charge in [-0.1, -0.05) is 161 Å². The van der Waals surface area contributed by atoms with Crippen molar-refractivity contribution in [2.75, 3.05) is 9.80 Å². The van der Waals surface area contributed by atoms with Crippen molar-refractivity contribution in [2.24, 2.45) is 0 Å².